The van der Waals surface area contributed by atoms with Crippen molar-refractivity contribution in [2.45, 2.75) is 13.0 Å². The van der Waals surface area contributed by atoms with Crippen molar-refractivity contribution in [2.75, 3.05) is 12.4 Å². The summed E-state index contributed by atoms with van der Waals surface area (Å²) in [6.45, 7) is 2.11. The van der Waals surface area contributed by atoms with Crippen LogP contribution in [-0.4, -0.2) is 16.9 Å². The molecule has 0 aliphatic heterocycles. The van der Waals surface area contributed by atoms with E-state index in [1.54, 1.807) is 23.1 Å². The molecule has 0 aliphatic carbocycles. The average Bonchev–Trinajstić information content (AvgIpc) is 2.85. The first-order valence-electron chi connectivity index (χ1n) is 5.20. The Balaban J connectivity index is 2.09. The Labute approximate surface area is 113 Å². The first kappa shape index (κ1) is 12.4. The molecule has 0 saturated carbocycles. The molecule has 2 aromatic rings. The summed E-state index contributed by atoms with van der Waals surface area (Å²) in [5, 5.41) is 7.67. The first-order valence-corrected chi connectivity index (χ1v) is 6.81. The quantitative estimate of drug-likeness (QED) is 0.939. The number of nitrogens with zero attached hydrogens (tertiary/aromatic N) is 2. The zero-order chi connectivity index (χ0) is 12.4. The molecule has 0 bridgehead atoms. The molecule has 2 heterocycles. The van der Waals surface area contributed by atoms with Gasteiger partial charge in [0.1, 0.15) is 0 Å². The van der Waals surface area contributed by atoms with Crippen molar-refractivity contribution in [3.8, 4) is 5.88 Å². The first-order chi connectivity index (χ1) is 8.10. The average molecular weight is 316 g/mol. The lowest BCUT2D eigenvalue weighted by molar-refractivity contribution is 0.373. The van der Waals surface area contributed by atoms with E-state index >= 15 is 0 Å². The van der Waals surface area contributed by atoms with E-state index in [4.69, 9.17) is 4.74 Å². The van der Waals surface area contributed by atoms with Crippen LogP contribution >= 0.6 is 27.3 Å². The number of hydrogen-bond donors (Lipinski definition) is 1. The summed E-state index contributed by atoms with van der Waals surface area (Å²) in [4.78, 5) is 1.27. The molecule has 4 nitrogen and oxygen atoms in total. The van der Waals surface area contributed by atoms with E-state index in [-0.39, 0.29) is 6.04 Å². The summed E-state index contributed by atoms with van der Waals surface area (Å²) >= 11 is 5.18. The fourth-order valence-electron chi connectivity index (χ4n) is 1.57. The molecule has 0 saturated heterocycles. The third-order valence-corrected chi connectivity index (χ3v) is 4.24. The Hall–Kier alpha value is -1.01. The number of hydrogen-bond acceptors (Lipinski definition) is 4. The van der Waals surface area contributed by atoms with Crippen molar-refractivity contribution in [2.24, 2.45) is 7.05 Å². The van der Waals surface area contributed by atoms with Crippen LogP contribution in [0.2, 0.25) is 0 Å². The van der Waals surface area contributed by atoms with Gasteiger partial charge in [-0.15, -0.1) is 11.3 Å². The highest BCUT2D eigenvalue weighted by Crippen LogP contribution is 2.29. The Bertz CT molecular complexity index is 509. The molecule has 2 aromatic heterocycles. The third-order valence-electron chi connectivity index (χ3n) is 2.43. The van der Waals surface area contributed by atoms with Gasteiger partial charge in [-0.3, -0.25) is 0 Å². The van der Waals surface area contributed by atoms with E-state index in [0.29, 0.717) is 0 Å². The van der Waals surface area contributed by atoms with E-state index in [1.165, 1.54) is 4.88 Å². The maximum absolute atomic E-state index is 5.17. The standard InChI is InChI=1S/C11H14BrN3OS/c1-7(8-4-5-9(12)17-8)13-10-6-11(16-3)15(2)14-10/h4-7H,1-3H3,(H,13,14). The van der Waals surface area contributed by atoms with Gasteiger partial charge < -0.3 is 10.1 Å². The number of methoxy groups -OCH3 is 1. The highest BCUT2D eigenvalue weighted by atomic mass is 79.9. The predicted molar refractivity (Wildman–Crippen MR) is 73.8 cm³/mol. The van der Waals surface area contributed by atoms with Crippen LogP contribution in [0.25, 0.3) is 0 Å². The summed E-state index contributed by atoms with van der Waals surface area (Å²) in [6, 6.07) is 6.27. The zero-order valence-corrected chi connectivity index (χ0v) is 12.3. The Morgan fingerprint density at radius 3 is 2.82 bits per heavy atom. The molecular weight excluding hydrogens is 302 g/mol. The summed E-state index contributed by atoms with van der Waals surface area (Å²) in [6.07, 6.45) is 0. The number of halogens is 1. The predicted octanol–water partition coefficient (Wildman–Crippen LogP) is 3.43. The number of aryl methyl sites for hydroxylation is 1. The van der Waals surface area contributed by atoms with Crippen LogP contribution in [0, 0.1) is 0 Å². The minimum Gasteiger partial charge on any atom is -0.481 e. The van der Waals surface area contributed by atoms with Crippen LogP contribution in [0.3, 0.4) is 0 Å². The summed E-state index contributed by atoms with van der Waals surface area (Å²) in [7, 11) is 3.50. The van der Waals surface area contributed by atoms with Gasteiger partial charge in [-0.1, -0.05) is 0 Å². The van der Waals surface area contributed by atoms with Crippen LogP contribution in [0.15, 0.2) is 22.0 Å². The lowest BCUT2D eigenvalue weighted by Gasteiger charge is -2.10. The van der Waals surface area contributed by atoms with Crippen LogP contribution in [0.5, 0.6) is 5.88 Å². The second-order valence-electron chi connectivity index (χ2n) is 3.70. The maximum atomic E-state index is 5.17. The van der Waals surface area contributed by atoms with Crippen molar-refractivity contribution in [1.82, 2.24) is 9.78 Å². The molecule has 0 fully saturated rings. The van der Waals surface area contributed by atoms with E-state index in [1.807, 2.05) is 13.1 Å². The Kier molecular flexibility index (Phi) is 3.73. The van der Waals surface area contributed by atoms with Gasteiger partial charge in [-0.2, -0.15) is 5.10 Å². The fraction of sp³-hybridized carbons (Fsp3) is 0.364. The molecule has 1 N–H and O–H groups in total. The van der Waals surface area contributed by atoms with Crippen LogP contribution in [0.4, 0.5) is 5.82 Å². The maximum Gasteiger partial charge on any atom is 0.213 e. The second kappa shape index (κ2) is 5.10. The highest BCUT2D eigenvalue weighted by Gasteiger charge is 2.11. The fourth-order valence-corrected chi connectivity index (χ4v) is 2.99. The lowest BCUT2D eigenvalue weighted by atomic mass is 10.3. The highest BCUT2D eigenvalue weighted by molar-refractivity contribution is 9.11. The van der Waals surface area contributed by atoms with Crippen LogP contribution < -0.4 is 10.1 Å². The molecule has 2 rings (SSSR count). The minimum atomic E-state index is 0.228. The molecule has 0 radical (unpaired) electrons. The molecule has 17 heavy (non-hydrogen) atoms. The van der Waals surface area contributed by atoms with Crippen molar-refractivity contribution in [1.29, 1.82) is 0 Å². The van der Waals surface area contributed by atoms with Gasteiger partial charge in [-0.05, 0) is 35.0 Å². The van der Waals surface area contributed by atoms with E-state index in [0.717, 1.165) is 15.5 Å². The monoisotopic (exact) mass is 315 g/mol. The Morgan fingerprint density at radius 1 is 1.53 bits per heavy atom. The summed E-state index contributed by atoms with van der Waals surface area (Å²) in [5.74, 6) is 1.56. The third kappa shape index (κ3) is 2.81. The van der Waals surface area contributed by atoms with Gasteiger partial charge >= 0.3 is 0 Å². The number of anilines is 1. The molecule has 0 aromatic carbocycles. The van der Waals surface area contributed by atoms with Crippen LogP contribution in [-0.2, 0) is 7.05 Å². The van der Waals surface area contributed by atoms with E-state index in [2.05, 4.69) is 45.4 Å². The molecule has 1 unspecified atom stereocenters. The number of thiophene rings is 1. The number of ether oxygens (including phenoxy) is 1. The van der Waals surface area contributed by atoms with Crippen LogP contribution in [0.1, 0.15) is 17.8 Å². The SMILES string of the molecule is COc1cc(NC(C)c2ccc(Br)s2)nn1C. The van der Waals surface area contributed by atoms with Gasteiger partial charge in [0.25, 0.3) is 0 Å². The summed E-state index contributed by atoms with van der Waals surface area (Å²) < 4.78 is 8.02. The van der Waals surface area contributed by atoms with E-state index < -0.39 is 0 Å². The zero-order valence-electron chi connectivity index (χ0n) is 9.90. The molecule has 0 amide bonds. The minimum absolute atomic E-state index is 0.228. The largest absolute Gasteiger partial charge is 0.481 e. The molecular formula is C11H14BrN3OS. The van der Waals surface area contributed by atoms with Crippen molar-refractivity contribution in [3.05, 3.63) is 26.9 Å². The number of rotatable bonds is 4. The molecule has 0 spiro atoms. The smallest absolute Gasteiger partial charge is 0.213 e. The van der Waals surface area contributed by atoms with Gasteiger partial charge in [0, 0.05) is 18.0 Å². The Morgan fingerprint density at radius 2 is 2.29 bits per heavy atom. The van der Waals surface area contributed by atoms with Crippen molar-refractivity contribution >= 4 is 33.1 Å². The number of aromatic nitrogens is 2. The molecule has 1 atom stereocenters. The molecule has 6 heteroatoms. The molecule has 0 aliphatic rings. The van der Waals surface area contributed by atoms with Gasteiger partial charge in [0.15, 0.2) is 5.82 Å². The second-order valence-corrected chi connectivity index (χ2v) is 6.20. The molecule has 92 valence electrons. The number of nitrogens with one attached hydrogen (secondary N) is 1. The normalized spacial score (nSPS) is 12.5. The van der Waals surface area contributed by atoms with Gasteiger partial charge in [-0.25, -0.2) is 4.68 Å². The van der Waals surface area contributed by atoms with Crippen molar-refractivity contribution in [3.63, 3.8) is 0 Å². The topological polar surface area (TPSA) is 39.1 Å². The lowest BCUT2D eigenvalue weighted by Crippen LogP contribution is -2.05. The van der Waals surface area contributed by atoms with Gasteiger partial charge in [0.05, 0.1) is 16.9 Å². The van der Waals surface area contributed by atoms with Crippen molar-refractivity contribution < 1.29 is 4.74 Å². The van der Waals surface area contributed by atoms with E-state index in [9.17, 15) is 0 Å². The summed E-state index contributed by atoms with van der Waals surface area (Å²) in [5.41, 5.74) is 0. The van der Waals surface area contributed by atoms with Gasteiger partial charge in [0.2, 0.25) is 5.88 Å².